The topological polar surface area (TPSA) is 50.9 Å². The number of aromatic nitrogens is 1. The third-order valence-electron chi connectivity index (χ3n) is 2.46. The minimum atomic E-state index is 0.249. The first-order chi connectivity index (χ1) is 7.29. The summed E-state index contributed by atoms with van der Waals surface area (Å²) in [6.07, 6.45) is 0.849. The number of nitrogens with one attached hydrogen (secondary N) is 1. The summed E-state index contributed by atoms with van der Waals surface area (Å²) < 4.78 is 0. The molecule has 2 rings (SSSR count). The summed E-state index contributed by atoms with van der Waals surface area (Å²) >= 11 is 0. The average Bonchev–Trinajstić information content (AvgIpc) is 2.29. The molecule has 1 atom stereocenters. The van der Waals surface area contributed by atoms with Crippen LogP contribution in [0.2, 0.25) is 0 Å². The molecule has 0 saturated carbocycles. The summed E-state index contributed by atoms with van der Waals surface area (Å²) in [6, 6.07) is 12.5. The van der Waals surface area contributed by atoms with Crippen molar-refractivity contribution in [3.05, 3.63) is 42.1 Å². The van der Waals surface area contributed by atoms with Gasteiger partial charge in [-0.05, 0) is 19.1 Å². The monoisotopic (exact) mass is 201 g/mol. The maximum Gasteiger partial charge on any atom is 0.0705 e. The predicted octanol–water partition coefficient (Wildman–Crippen LogP) is 1.63. The molecule has 1 aromatic carbocycles. The Bertz CT molecular complexity index is 453. The van der Waals surface area contributed by atoms with E-state index < -0.39 is 0 Å². The van der Waals surface area contributed by atoms with Gasteiger partial charge in [0.15, 0.2) is 0 Å². The first-order valence-corrected chi connectivity index (χ1v) is 5.10. The van der Waals surface area contributed by atoms with Crippen LogP contribution >= 0.6 is 0 Å². The lowest BCUT2D eigenvalue weighted by Gasteiger charge is -2.09. The normalized spacial score (nSPS) is 12.9. The molecule has 0 spiro atoms. The van der Waals surface area contributed by atoms with Gasteiger partial charge in [-0.3, -0.25) is 16.3 Å². The van der Waals surface area contributed by atoms with Crippen molar-refractivity contribution < 1.29 is 0 Å². The quantitative estimate of drug-likeness (QED) is 0.586. The summed E-state index contributed by atoms with van der Waals surface area (Å²) in [7, 11) is 0. The summed E-state index contributed by atoms with van der Waals surface area (Å²) in [6.45, 7) is 2.04. The number of nitrogens with zero attached hydrogens (tertiary/aromatic N) is 1. The molecule has 3 N–H and O–H groups in total. The Kier molecular flexibility index (Phi) is 2.94. The van der Waals surface area contributed by atoms with Crippen molar-refractivity contribution in [3.8, 4) is 0 Å². The third kappa shape index (κ3) is 2.32. The zero-order valence-corrected chi connectivity index (χ0v) is 8.77. The summed E-state index contributed by atoms with van der Waals surface area (Å²) in [4.78, 5) is 4.57. The zero-order chi connectivity index (χ0) is 10.7. The Morgan fingerprint density at radius 3 is 2.87 bits per heavy atom. The van der Waals surface area contributed by atoms with Crippen LogP contribution in [0.4, 0.5) is 0 Å². The highest BCUT2D eigenvalue weighted by Crippen LogP contribution is 2.12. The van der Waals surface area contributed by atoms with Gasteiger partial charge in [0.2, 0.25) is 0 Å². The van der Waals surface area contributed by atoms with Gasteiger partial charge in [0, 0.05) is 23.5 Å². The minimum absolute atomic E-state index is 0.249. The SMILES string of the molecule is CC(Cc1ccc2ccccc2n1)NN. The second kappa shape index (κ2) is 4.38. The number of nitrogens with two attached hydrogens (primary N) is 1. The van der Waals surface area contributed by atoms with Crippen LogP contribution < -0.4 is 11.3 Å². The van der Waals surface area contributed by atoms with E-state index in [1.54, 1.807) is 0 Å². The number of hydrogen-bond acceptors (Lipinski definition) is 3. The van der Waals surface area contributed by atoms with Gasteiger partial charge in [-0.15, -0.1) is 0 Å². The van der Waals surface area contributed by atoms with E-state index in [-0.39, 0.29) is 6.04 Å². The molecule has 0 radical (unpaired) electrons. The molecule has 3 heteroatoms. The van der Waals surface area contributed by atoms with Crippen molar-refractivity contribution >= 4 is 10.9 Å². The molecule has 1 aromatic heterocycles. The lowest BCUT2D eigenvalue weighted by atomic mass is 10.1. The number of benzene rings is 1. The largest absolute Gasteiger partial charge is 0.271 e. The number of hydrogen-bond donors (Lipinski definition) is 2. The number of pyridine rings is 1. The molecular formula is C12H15N3. The van der Waals surface area contributed by atoms with Crippen LogP contribution in [0, 0.1) is 0 Å². The van der Waals surface area contributed by atoms with Crippen LogP contribution in [-0.2, 0) is 6.42 Å². The van der Waals surface area contributed by atoms with E-state index in [9.17, 15) is 0 Å². The van der Waals surface area contributed by atoms with E-state index in [0.29, 0.717) is 0 Å². The van der Waals surface area contributed by atoms with Gasteiger partial charge in [0.25, 0.3) is 0 Å². The number of para-hydroxylation sites is 1. The van der Waals surface area contributed by atoms with Gasteiger partial charge in [-0.2, -0.15) is 0 Å². The van der Waals surface area contributed by atoms with Crippen LogP contribution in [0.25, 0.3) is 10.9 Å². The van der Waals surface area contributed by atoms with E-state index >= 15 is 0 Å². The molecule has 1 unspecified atom stereocenters. The molecule has 1 heterocycles. The molecule has 0 amide bonds. The second-order valence-electron chi connectivity index (χ2n) is 3.77. The fourth-order valence-electron chi connectivity index (χ4n) is 1.59. The van der Waals surface area contributed by atoms with Gasteiger partial charge >= 0.3 is 0 Å². The molecule has 15 heavy (non-hydrogen) atoms. The van der Waals surface area contributed by atoms with Crippen LogP contribution in [0.1, 0.15) is 12.6 Å². The highest BCUT2D eigenvalue weighted by atomic mass is 15.2. The molecular weight excluding hydrogens is 186 g/mol. The zero-order valence-electron chi connectivity index (χ0n) is 8.77. The van der Waals surface area contributed by atoms with E-state index in [1.807, 2.05) is 25.1 Å². The number of rotatable bonds is 3. The van der Waals surface area contributed by atoms with Crippen LogP contribution in [0.3, 0.4) is 0 Å². The van der Waals surface area contributed by atoms with Gasteiger partial charge in [0.05, 0.1) is 5.52 Å². The highest BCUT2D eigenvalue weighted by Gasteiger charge is 2.02. The molecule has 78 valence electrons. The first kappa shape index (κ1) is 10.1. The second-order valence-corrected chi connectivity index (χ2v) is 3.77. The van der Waals surface area contributed by atoms with Crippen LogP contribution in [-0.4, -0.2) is 11.0 Å². The van der Waals surface area contributed by atoms with Crippen molar-refractivity contribution in [3.63, 3.8) is 0 Å². The Labute approximate surface area is 89.3 Å². The number of fused-ring (bicyclic) bond motifs is 1. The summed E-state index contributed by atoms with van der Waals surface area (Å²) in [5.74, 6) is 5.35. The molecule has 0 bridgehead atoms. The smallest absolute Gasteiger partial charge is 0.0705 e. The van der Waals surface area contributed by atoms with Crippen molar-refractivity contribution in [2.24, 2.45) is 5.84 Å². The van der Waals surface area contributed by atoms with Gasteiger partial charge in [-0.25, -0.2) is 0 Å². The Morgan fingerprint density at radius 1 is 1.27 bits per heavy atom. The maximum atomic E-state index is 5.35. The summed E-state index contributed by atoms with van der Waals surface area (Å²) in [5.41, 5.74) is 4.83. The van der Waals surface area contributed by atoms with Crippen LogP contribution in [0.5, 0.6) is 0 Å². The van der Waals surface area contributed by atoms with Gasteiger partial charge in [-0.1, -0.05) is 24.3 Å². The van der Waals surface area contributed by atoms with Crippen molar-refractivity contribution in [1.29, 1.82) is 0 Å². The van der Waals surface area contributed by atoms with E-state index in [4.69, 9.17) is 5.84 Å². The predicted molar refractivity (Wildman–Crippen MR) is 62.2 cm³/mol. The number of hydrazine groups is 1. The van der Waals surface area contributed by atoms with Crippen molar-refractivity contribution in [2.75, 3.05) is 0 Å². The van der Waals surface area contributed by atoms with Gasteiger partial charge in [0.1, 0.15) is 0 Å². The molecule has 3 nitrogen and oxygen atoms in total. The van der Waals surface area contributed by atoms with E-state index in [1.165, 1.54) is 5.39 Å². The van der Waals surface area contributed by atoms with Crippen molar-refractivity contribution in [1.82, 2.24) is 10.4 Å². The standard InChI is InChI=1S/C12H15N3/c1-9(15-13)8-11-7-6-10-4-2-3-5-12(10)14-11/h2-7,9,15H,8,13H2,1H3. The fourth-order valence-corrected chi connectivity index (χ4v) is 1.59. The lowest BCUT2D eigenvalue weighted by molar-refractivity contribution is 0.562. The Hall–Kier alpha value is -1.45. The van der Waals surface area contributed by atoms with Gasteiger partial charge < -0.3 is 0 Å². The lowest BCUT2D eigenvalue weighted by Crippen LogP contribution is -2.34. The molecule has 0 aliphatic carbocycles. The summed E-state index contributed by atoms with van der Waals surface area (Å²) in [5, 5.41) is 1.18. The fraction of sp³-hybridized carbons (Fsp3) is 0.250. The molecule has 0 aliphatic rings. The van der Waals surface area contributed by atoms with Crippen molar-refractivity contribution in [2.45, 2.75) is 19.4 Å². The first-order valence-electron chi connectivity index (χ1n) is 5.10. The van der Waals surface area contributed by atoms with Crippen LogP contribution in [0.15, 0.2) is 36.4 Å². The van der Waals surface area contributed by atoms with E-state index in [0.717, 1.165) is 17.6 Å². The average molecular weight is 201 g/mol. The highest BCUT2D eigenvalue weighted by molar-refractivity contribution is 5.78. The Morgan fingerprint density at radius 2 is 2.07 bits per heavy atom. The molecule has 0 saturated heterocycles. The maximum absolute atomic E-state index is 5.35. The molecule has 0 fully saturated rings. The third-order valence-corrected chi connectivity index (χ3v) is 2.46. The van der Waals surface area contributed by atoms with E-state index in [2.05, 4.69) is 28.6 Å². The minimum Gasteiger partial charge on any atom is -0.271 e. The molecule has 0 aliphatic heterocycles. The Balaban J connectivity index is 2.30. The molecule has 2 aromatic rings.